The van der Waals surface area contributed by atoms with Gasteiger partial charge < -0.3 is 14.8 Å². The number of aromatic nitrogens is 4. The van der Waals surface area contributed by atoms with E-state index in [-0.39, 0.29) is 5.91 Å². The second kappa shape index (κ2) is 7.26. The smallest absolute Gasteiger partial charge is 0.254 e. The van der Waals surface area contributed by atoms with Gasteiger partial charge in [-0.25, -0.2) is 15.0 Å². The average Bonchev–Trinajstić information content (AvgIpc) is 2.88. The van der Waals surface area contributed by atoms with Crippen LogP contribution in [-0.2, 0) is 7.05 Å². The number of carbonyl (C=O) groups is 1. The Morgan fingerprint density at radius 3 is 2.77 bits per heavy atom. The van der Waals surface area contributed by atoms with Crippen molar-refractivity contribution in [2.75, 3.05) is 31.3 Å². The van der Waals surface area contributed by atoms with Gasteiger partial charge in [0.05, 0.1) is 11.3 Å². The molecular formula is C14H20N6OS. The topological polar surface area (TPSA) is 75.9 Å². The molecule has 8 heteroatoms. The van der Waals surface area contributed by atoms with Crippen LogP contribution in [0.15, 0.2) is 23.7 Å². The average molecular weight is 320 g/mol. The molecule has 2 aromatic rings. The van der Waals surface area contributed by atoms with Gasteiger partial charge in [-0.1, -0.05) is 11.8 Å². The first-order valence-corrected chi connectivity index (χ1v) is 7.87. The highest BCUT2D eigenvalue weighted by Crippen LogP contribution is 2.13. The third-order valence-electron chi connectivity index (χ3n) is 3.01. The van der Waals surface area contributed by atoms with Crippen molar-refractivity contribution in [1.82, 2.24) is 24.8 Å². The van der Waals surface area contributed by atoms with E-state index in [9.17, 15) is 4.79 Å². The molecule has 0 fully saturated rings. The molecule has 0 saturated carbocycles. The summed E-state index contributed by atoms with van der Waals surface area (Å²) in [4.78, 5) is 26.6. The Balaban J connectivity index is 1.86. The van der Waals surface area contributed by atoms with Crippen LogP contribution >= 0.6 is 11.8 Å². The quantitative estimate of drug-likeness (QED) is 0.635. The number of anilines is 1. The van der Waals surface area contributed by atoms with Crippen LogP contribution in [0.25, 0.3) is 0 Å². The molecule has 7 nitrogen and oxygen atoms in total. The summed E-state index contributed by atoms with van der Waals surface area (Å²) >= 11 is 1.60. The van der Waals surface area contributed by atoms with Crippen LogP contribution in [0.4, 0.5) is 5.95 Å². The summed E-state index contributed by atoms with van der Waals surface area (Å²) in [5.74, 6) is 1.20. The number of nitrogens with one attached hydrogen (secondary N) is 1. The second-order valence-corrected chi connectivity index (χ2v) is 6.05. The van der Waals surface area contributed by atoms with Crippen molar-refractivity contribution in [2.24, 2.45) is 7.05 Å². The summed E-state index contributed by atoms with van der Waals surface area (Å²) in [6, 6.07) is 0. The first-order chi connectivity index (χ1) is 10.5. The van der Waals surface area contributed by atoms with Gasteiger partial charge in [0, 0.05) is 52.0 Å². The maximum absolute atomic E-state index is 12.1. The number of hydrogen-bond donors (Lipinski definition) is 1. The summed E-state index contributed by atoms with van der Waals surface area (Å²) in [6.07, 6.45) is 5.22. The molecule has 0 aliphatic carbocycles. The molecule has 0 atom stereocenters. The highest BCUT2D eigenvalue weighted by atomic mass is 32.2. The highest BCUT2D eigenvalue weighted by molar-refractivity contribution is 7.99. The zero-order valence-corrected chi connectivity index (χ0v) is 14.0. The van der Waals surface area contributed by atoms with Crippen LogP contribution in [0.3, 0.4) is 0 Å². The molecule has 0 bridgehead atoms. The normalized spacial score (nSPS) is 10.5. The zero-order valence-electron chi connectivity index (χ0n) is 13.2. The molecule has 0 aliphatic heterocycles. The summed E-state index contributed by atoms with van der Waals surface area (Å²) in [7, 11) is 5.67. The summed E-state index contributed by atoms with van der Waals surface area (Å²) in [6.45, 7) is 2.37. The van der Waals surface area contributed by atoms with Crippen LogP contribution < -0.4 is 10.2 Å². The van der Waals surface area contributed by atoms with Crippen molar-refractivity contribution in [2.45, 2.75) is 12.1 Å². The van der Waals surface area contributed by atoms with Crippen molar-refractivity contribution in [1.29, 1.82) is 0 Å². The number of carbonyl (C=O) groups excluding carboxylic acids is 1. The van der Waals surface area contributed by atoms with E-state index in [1.54, 1.807) is 29.1 Å². The van der Waals surface area contributed by atoms with Crippen LogP contribution in [0.5, 0.6) is 0 Å². The van der Waals surface area contributed by atoms with Gasteiger partial charge in [-0.05, 0) is 6.92 Å². The summed E-state index contributed by atoms with van der Waals surface area (Å²) in [5, 5.41) is 3.81. The minimum absolute atomic E-state index is 0.150. The zero-order chi connectivity index (χ0) is 16.1. The molecule has 2 aromatic heterocycles. The first-order valence-electron chi connectivity index (χ1n) is 6.88. The number of thioether (sulfide) groups is 1. The van der Waals surface area contributed by atoms with E-state index in [4.69, 9.17) is 0 Å². The number of nitrogens with zero attached hydrogens (tertiary/aromatic N) is 5. The third-order valence-corrected chi connectivity index (χ3v) is 4.07. The standard InChI is InChI=1S/C14H20N6OS/c1-10-11(9-17-13(18-10)19(2)3)12(21)15-6-8-22-14-16-5-7-20(14)4/h5,7,9H,6,8H2,1-4H3,(H,15,21). The number of imidazole rings is 1. The maximum atomic E-state index is 12.1. The van der Waals surface area contributed by atoms with Gasteiger partial charge in [0.2, 0.25) is 5.95 Å². The predicted molar refractivity (Wildman–Crippen MR) is 87.4 cm³/mol. The SMILES string of the molecule is Cc1nc(N(C)C)ncc1C(=O)NCCSc1nccn1C. The fourth-order valence-electron chi connectivity index (χ4n) is 1.79. The molecule has 2 rings (SSSR count). The van der Waals surface area contributed by atoms with Crippen LogP contribution in [-0.4, -0.2) is 51.8 Å². The lowest BCUT2D eigenvalue weighted by Crippen LogP contribution is -2.27. The molecule has 0 aromatic carbocycles. The van der Waals surface area contributed by atoms with Gasteiger partial charge >= 0.3 is 0 Å². The largest absolute Gasteiger partial charge is 0.351 e. The third kappa shape index (κ3) is 3.97. The number of amides is 1. The molecule has 0 saturated heterocycles. The highest BCUT2D eigenvalue weighted by Gasteiger charge is 2.12. The Hall–Kier alpha value is -2.09. The van der Waals surface area contributed by atoms with Crippen LogP contribution in [0.2, 0.25) is 0 Å². The monoisotopic (exact) mass is 320 g/mol. The van der Waals surface area contributed by atoms with Crippen molar-refractivity contribution in [3.8, 4) is 0 Å². The molecule has 1 amide bonds. The Morgan fingerprint density at radius 1 is 1.41 bits per heavy atom. The fourth-order valence-corrected chi connectivity index (χ4v) is 2.57. The second-order valence-electron chi connectivity index (χ2n) is 4.99. The van der Waals surface area contributed by atoms with Crippen molar-refractivity contribution in [3.63, 3.8) is 0 Å². The fraction of sp³-hybridized carbons (Fsp3) is 0.429. The molecule has 0 radical (unpaired) electrons. The Bertz CT molecular complexity index is 655. The van der Waals surface area contributed by atoms with E-state index < -0.39 is 0 Å². The van der Waals surface area contributed by atoms with Gasteiger partial charge in [-0.15, -0.1) is 0 Å². The van der Waals surface area contributed by atoms with E-state index in [1.165, 1.54) is 0 Å². The number of hydrogen-bond acceptors (Lipinski definition) is 6. The van der Waals surface area contributed by atoms with Gasteiger partial charge in [-0.3, -0.25) is 4.79 Å². The van der Waals surface area contributed by atoms with Crippen molar-refractivity contribution in [3.05, 3.63) is 29.8 Å². The van der Waals surface area contributed by atoms with Crippen LogP contribution in [0.1, 0.15) is 16.1 Å². The van der Waals surface area contributed by atoms with E-state index in [1.807, 2.05) is 38.8 Å². The summed E-state index contributed by atoms with van der Waals surface area (Å²) in [5.41, 5.74) is 1.18. The Kier molecular flexibility index (Phi) is 5.37. The van der Waals surface area contributed by atoms with Crippen molar-refractivity contribution < 1.29 is 4.79 Å². The molecule has 118 valence electrons. The molecule has 0 aliphatic rings. The Labute approximate surface area is 134 Å². The van der Waals surface area contributed by atoms with Gasteiger partial charge in [-0.2, -0.15) is 0 Å². The van der Waals surface area contributed by atoms with Gasteiger partial charge in [0.15, 0.2) is 5.16 Å². The van der Waals surface area contributed by atoms with E-state index in [0.29, 0.717) is 23.8 Å². The molecule has 2 heterocycles. The van der Waals surface area contributed by atoms with Gasteiger partial charge in [0.25, 0.3) is 5.91 Å². The minimum atomic E-state index is -0.150. The molecule has 1 N–H and O–H groups in total. The van der Waals surface area contributed by atoms with E-state index in [2.05, 4.69) is 20.3 Å². The number of rotatable bonds is 6. The lowest BCUT2D eigenvalue weighted by molar-refractivity contribution is 0.0955. The predicted octanol–water partition coefficient (Wildman–Crippen LogP) is 1.11. The molecule has 0 unspecified atom stereocenters. The van der Waals surface area contributed by atoms with Crippen LogP contribution in [0, 0.1) is 6.92 Å². The van der Waals surface area contributed by atoms with E-state index >= 15 is 0 Å². The number of aryl methyl sites for hydroxylation is 2. The first kappa shape index (κ1) is 16.3. The molecule has 22 heavy (non-hydrogen) atoms. The Morgan fingerprint density at radius 2 is 2.18 bits per heavy atom. The van der Waals surface area contributed by atoms with Gasteiger partial charge in [0.1, 0.15) is 0 Å². The molecular weight excluding hydrogens is 300 g/mol. The molecule has 0 spiro atoms. The lowest BCUT2D eigenvalue weighted by atomic mass is 10.2. The lowest BCUT2D eigenvalue weighted by Gasteiger charge is -2.12. The van der Waals surface area contributed by atoms with Crippen molar-refractivity contribution >= 4 is 23.6 Å². The minimum Gasteiger partial charge on any atom is -0.351 e. The maximum Gasteiger partial charge on any atom is 0.254 e. The van der Waals surface area contributed by atoms with E-state index in [0.717, 1.165) is 10.9 Å². The summed E-state index contributed by atoms with van der Waals surface area (Å²) < 4.78 is 1.95.